The number of nitrogens with zero attached hydrogens (tertiary/aromatic N) is 3. The molecule has 3 aromatic heterocycles. The van der Waals surface area contributed by atoms with Crippen molar-refractivity contribution in [2.24, 2.45) is 0 Å². The van der Waals surface area contributed by atoms with Gasteiger partial charge in [0.15, 0.2) is 0 Å². The highest BCUT2D eigenvalue weighted by Crippen LogP contribution is 2.32. The second-order valence-corrected chi connectivity index (χ2v) is 8.03. The van der Waals surface area contributed by atoms with Crippen LogP contribution in [-0.2, 0) is 0 Å². The molecular weight excluding hydrogens is 454 g/mol. The highest BCUT2D eigenvalue weighted by atomic mass is 32.1. The number of benzene rings is 2. The van der Waals surface area contributed by atoms with Crippen LogP contribution >= 0.6 is 11.3 Å². The van der Waals surface area contributed by atoms with E-state index >= 15 is 0 Å². The third-order valence-electron chi connectivity index (χ3n) is 5.05. The second kappa shape index (κ2) is 8.61. The fraction of sp³-hybridized carbons (Fsp3) is 0. The van der Waals surface area contributed by atoms with Crippen LogP contribution in [0.15, 0.2) is 85.7 Å². The van der Waals surface area contributed by atoms with E-state index < -0.39 is 10.5 Å². The molecule has 0 unspecified atom stereocenters. The van der Waals surface area contributed by atoms with E-state index in [1.165, 1.54) is 23.5 Å². The molecule has 3 heterocycles. The second-order valence-electron chi connectivity index (χ2n) is 7.17. The summed E-state index contributed by atoms with van der Waals surface area (Å²) in [5.74, 6) is 0.649. The minimum Gasteiger partial charge on any atom is -0.456 e. The third kappa shape index (κ3) is 3.90. The topological polar surface area (TPSA) is 123 Å². The van der Waals surface area contributed by atoms with Crippen LogP contribution in [0.2, 0.25) is 0 Å². The first-order chi connectivity index (χ1) is 16.5. The van der Waals surface area contributed by atoms with Crippen molar-refractivity contribution >= 4 is 39.6 Å². The molecule has 0 radical (unpaired) electrons. The zero-order valence-corrected chi connectivity index (χ0v) is 18.1. The molecule has 0 N–H and O–H groups in total. The van der Waals surface area contributed by atoms with Gasteiger partial charge in [-0.1, -0.05) is 30.3 Å². The molecule has 0 bridgehead atoms. The van der Waals surface area contributed by atoms with Crippen LogP contribution in [0.3, 0.4) is 0 Å². The van der Waals surface area contributed by atoms with Crippen LogP contribution in [0.5, 0.6) is 0 Å². The Morgan fingerprint density at radius 1 is 1.06 bits per heavy atom. The Bertz CT molecular complexity index is 1690. The molecule has 0 aliphatic rings. The summed E-state index contributed by atoms with van der Waals surface area (Å²) in [5.41, 5.74) is 1.16. The number of aromatic nitrogens is 1. The number of nitriles is 1. The minimum absolute atomic E-state index is 0.0772. The number of allylic oxidation sites excluding steroid dienone is 1. The van der Waals surface area contributed by atoms with Crippen molar-refractivity contribution in [3.8, 4) is 28.7 Å². The van der Waals surface area contributed by atoms with E-state index in [0.29, 0.717) is 38.9 Å². The van der Waals surface area contributed by atoms with Crippen molar-refractivity contribution in [2.45, 2.75) is 0 Å². The third-order valence-corrected chi connectivity index (χ3v) is 5.93. The molecule has 8 nitrogen and oxygen atoms in total. The van der Waals surface area contributed by atoms with E-state index in [1.807, 2.05) is 12.1 Å². The molecule has 0 saturated carbocycles. The average molecular weight is 467 g/mol. The first kappa shape index (κ1) is 21.1. The number of rotatable bonds is 5. The van der Waals surface area contributed by atoms with Gasteiger partial charge in [0.1, 0.15) is 28.2 Å². The lowest BCUT2D eigenvalue weighted by Gasteiger charge is -1.99. The van der Waals surface area contributed by atoms with Crippen LogP contribution in [0.1, 0.15) is 10.8 Å². The van der Waals surface area contributed by atoms with Crippen molar-refractivity contribution in [3.63, 3.8) is 0 Å². The minimum atomic E-state index is -0.516. The van der Waals surface area contributed by atoms with Gasteiger partial charge in [-0.25, -0.2) is 9.78 Å². The number of nitro groups is 1. The molecule has 9 heteroatoms. The molecule has 0 amide bonds. The summed E-state index contributed by atoms with van der Waals surface area (Å²) >= 11 is 1.21. The van der Waals surface area contributed by atoms with Crippen molar-refractivity contribution in [1.29, 1.82) is 5.26 Å². The highest BCUT2D eigenvalue weighted by molar-refractivity contribution is 7.11. The predicted octanol–water partition coefficient (Wildman–Crippen LogP) is 6.15. The summed E-state index contributed by atoms with van der Waals surface area (Å²) in [6.45, 7) is 0. The number of hydrogen-bond donors (Lipinski definition) is 0. The molecule has 0 aliphatic carbocycles. The lowest BCUT2D eigenvalue weighted by Crippen LogP contribution is -2.02. The predicted molar refractivity (Wildman–Crippen MR) is 128 cm³/mol. The van der Waals surface area contributed by atoms with Gasteiger partial charge in [0.05, 0.1) is 27.3 Å². The summed E-state index contributed by atoms with van der Waals surface area (Å²) in [6, 6.07) is 20.5. The Labute approximate surface area is 195 Å². The van der Waals surface area contributed by atoms with Gasteiger partial charge in [-0.15, -0.1) is 11.3 Å². The maximum absolute atomic E-state index is 12.4. The first-order valence-corrected chi connectivity index (χ1v) is 10.9. The molecule has 34 heavy (non-hydrogen) atoms. The van der Waals surface area contributed by atoms with E-state index in [0.717, 1.165) is 5.39 Å². The molecule has 5 rings (SSSR count). The number of thiazole rings is 1. The van der Waals surface area contributed by atoms with E-state index in [-0.39, 0.29) is 11.3 Å². The van der Waals surface area contributed by atoms with Gasteiger partial charge >= 0.3 is 5.63 Å². The summed E-state index contributed by atoms with van der Waals surface area (Å²) in [5, 5.41) is 23.8. The lowest BCUT2D eigenvalue weighted by atomic mass is 10.1. The van der Waals surface area contributed by atoms with Crippen molar-refractivity contribution in [2.75, 3.05) is 0 Å². The summed E-state index contributed by atoms with van der Waals surface area (Å²) in [6.07, 6.45) is 1.50. The van der Waals surface area contributed by atoms with E-state index in [2.05, 4.69) is 11.1 Å². The maximum Gasteiger partial charge on any atom is 0.345 e. The molecule has 0 saturated heterocycles. The summed E-state index contributed by atoms with van der Waals surface area (Å²) < 4.78 is 11.1. The van der Waals surface area contributed by atoms with Crippen molar-refractivity contribution in [1.82, 2.24) is 4.98 Å². The van der Waals surface area contributed by atoms with Crippen LogP contribution in [0.4, 0.5) is 5.69 Å². The fourth-order valence-electron chi connectivity index (χ4n) is 3.46. The number of para-hydroxylation sites is 2. The summed E-state index contributed by atoms with van der Waals surface area (Å²) in [7, 11) is 0. The Kier molecular flexibility index (Phi) is 5.33. The number of nitro benzene ring substituents is 1. The molecular formula is C25H13N3O5S. The van der Waals surface area contributed by atoms with Gasteiger partial charge in [0, 0.05) is 22.9 Å². The van der Waals surface area contributed by atoms with Crippen LogP contribution in [0, 0.1) is 21.4 Å². The zero-order chi connectivity index (χ0) is 23.7. The number of furan rings is 1. The zero-order valence-electron chi connectivity index (χ0n) is 17.3. The first-order valence-electron chi connectivity index (χ1n) is 9.98. The Morgan fingerprint density at radius 3 is 2.68 bits per heavy atom. The Hall–Kier alpha value is -4.81. The maximum atomic E-state index is 12.4. The molecule has 0 spiro atoms. The molecule has 5 aromatic rings. The van der Waals surface area contributed by atoms with Gasteiger partial charge in [0.2, 0.25) is 0 Å². The molecule has 164 valence electrons. The monoisotopic (exact) mass is 467 g/mol. The Morgan fingerprint density at radius 2 is 1.85 bits per heavy atom. The average Bonchev–Trinajstić information content (AvgIpc) is 3.52. The van der Waals surface area contributed by atoms with Crippen LogP contribution in [-0.4, -0.2) is 9.91 Å². The van der Waals surface area contributed by atoms with Crippen LogP contribution in [0.25, 0.3) is 45.2 Å². The number of hydrogen-bond acceptors (Lipinski definition) is 8. The fourth-order valence-corrected chi connectivity index (χ4v) is 4.25. The van der Waals surface area contributed by atoms with Gasteiger partial charge in [-0.2, -0.15) is 5.26 Å². The van der Waals surface area contributed by atoms with Gasteiger partial charge in [-0.05, 0) is 30.3 Å². The van der Waals surface area contributed by atoms with Crippen molar-refractivity contribution in [3.05, 3.63) is 103 Å². The Balaban J connectivity index is 1.49. The van der Waals surface area contributed by atoms with Crippen LogP contribution < -0.4 is 5.63 Å². The SMILES string of the molecule is N#C/C(=C\c1ccc(-c2ccccc2[N+](=O)[O-])o1)c1nc(-c2cc3ccccc3oc2=O)cs1. The normalized spacial score (nSPS) is 11.4. The molecule has 0 fully saturated rings. The molecule has 0 atom stereocenters. The van der Waals surface area contributed by atoms with Gasteiger partial charge in [0.25, 0.3) is 5.69 Å². The highest BCUT2D eigenvalue weighted by Gasteiger charge is 2.18. The molecule has 0 aliphatic heterocycles. The van der Waals surface area contributed by atoms with Gasteiger partial charge in [-0.3, -0.25) is 10.1 Å². The van der Waals surface area contributed by atoms with E-state index in [4.69, 9.17) is 8.83 Å². The van der Waals surface area contributed by atoms with E-state index in [1.54, 1.807) is 53.9 Å². The lowest BCUT2D eigenvalue weighted by molar-refractivity contribution is -0.384. The largest absolute Gasteiger partial charge is 0.456 e. The number of fused-ring (bicyclic) bond motifs is 1. The molecule has 2 aromatic carbocycles. The quantitative estimate of drug-likeness (QED) is 0.131. The van der Waals surface area contributed by atoms with Gasteiger partial charge < -0.3 is 8.83 Å². The van der Waals surface area contributed by atoms with E-state index in [9.17, 15) is 20.2 Å². The summed E-state index contributed by atoms with van der Waals surface area (Å²) in [4.78, 5) is 27.7. The van der Waals surface area contributed by atoms with Crippen molar-refractivity contribution < 1.29 is 13.8 Å². The standard InChI is InChI=1S/C25H13N3O5S/c26-13-16(11-17-9-10-23(32-17)18-6-2-3-7-21(18)28(30)31)24-27-20(14-34-24)19-12-15-5-1-4-8-22(15)33-25(19)29/h1-12,14H/b16-11+. The smallest absolute Gasteiger partial charge is 0.345 e.